The van der Waals surface area contributed by atoms with Crippen LogP contribution >= 0.6 is 47.4 Å². The summed E-state index contributed by atoms with van der Waals surface area (Å²) in [5, 5.41) is 4.93. The molecule has 0 atom stereocenters. The Morgan fingerprint density at radius 1 is 1.17 bits per heavy atom. The molecule has 18 heavy (non-hydrogen) atoms. The smallest absolute Gasteiger partial charge is 0.0556 e. The molecule has 5 heteroatoms. The molecular weight excluding hydrogens is 309 g/mol. The zero-order chi connectivity index (χ0) is 12.1. The van der Waals surface area contributed by atoms with Gasteiger partial charge in [0.25, 0.3) is 0 Å². The Labute approximate surface area is 129 Å². The van der Waals surface area contributed by atoms with Crippen molar-refractivity contribution >= 4 is 47.4 Å². The standard InChI is InChI=1S/C13H17Cl2NS.ClH/c14-11-2-1-3-12(15)13(11)17-9-6-10-4-7-16-8-5-10;/h1-3,10,16H,4-9H2;1H. The lowest BCUT2D eigenvalue weighted by atomic mass is 9.96. The molecule has 1 aromatic carbocycles. The van der Waals surface area contributed by atoms with Crippen LogP contribution in [0.5, 0.6) is 0 Å². The first-order chi connectivity index (χ1) is 8.27. The van der Waals surface area contributed by atoms with Crippen LogP contribution < -0.4 is 5.32 Å². The van der Waals surface area contributed by atoms with Gasteiger partial charge in [0.15, 0.2) is 0 Å². The molecule has 1 aliphatic rings. The predicted octanol–water partition coefficient (Wildman–Crippen LogP) is 4.90. The molecule has 0 radical (unpaired) electrons. The van der Waals surface area contributed by atoms with Gasteiger partial charge in [0.2, 0.25) is 0 Å². The summed E-state index contributed by atoms with van der Waals surface area (Å²) in [5.41, 5.74) is 0. The van der Waals surface area contributed by atoms with E-state index in [1.54, 1.807) is 11.8 Å². The van der Waals surface area contributed by atoms with E-state index in [4.69, 9.17) is 23.2 Å². The van der Waals surface area contributed by atoms with Gasteiger partial charge in [-0.15, -0.1) is 24.2 Å². The van der Waals surface area contributed by atoms with Gasteiger partial charge in [-0.1, -0.05) is 29.3 Å². The second kappa shape index (κ2) is 8.55. The number of hydrogen-bond acceptors (Lipinski definition) is 2. The van der Waals surface area contributed by atoms with Crippen molar-refractivity contribution in [3.05, 3.63) is 28.2 Å². The van der Waals surface area contributed by atoms with Crippen LogP contribution in [0.2, 0.25) is 10.0 Å². The summed E-state index contributed by atoms with van der Waals surface area (Å²) in [5.74, 6) is 1.97. The normalized spacial score (nSPS) is 16.3. The van der Waals surface area contributed by atoms with Crippen LogP contribution in [0.1, 0.15) is 19.3 Å². The van der Waals surface area contributed by atoms with E-state index in [0.29, 0.717) is 0 Å². The van der Waals surface area contributed by atoms with Crippen LogP contribution in [0.4, 0.5) is 0 Å². The van der Waals surface area contributed by atoms with E-state index >= 15 is 0 Å². The van der Waals surface area contributed by atoms with Gasteiger partial charge in [-0.2, -0.15) is 0 Å². The van der Waals surface area contributed by atoms with Gasteiger partial charge in [0.1, 0.15) is 0 Å². The molecule has 102 valence electrons. The van der Waals surface area contributed by atoms with Crippen molar-refractivity contribution in [2.24, 2.45) is 5.92 Å². The average molecular weight is 327 g/mol. The minimum atomic E-state index is 0. The van der Waals surface area contributed by atoms with E-state index < -0.39 is 0 Å². The number of benzene rings is 1. The van der Waals surface area contributed by atoms with Crippen LogP contribution in [0.3, 0.4) is 0 Å². The quantitative estimate of drug-likeness (QED) is 0.790. The van der Waals surface area contributed by atoms with E-state index in [2.05, 4.69) is 5.32 Å². The molecular formula is C13H18Cl3NS. The van der Waals surface area contributed by atoms with Gasteiger partial charge in [-0.25, -0.2) is 0 Å². The van der Waals surface area contributed by atoms with Crippen LogP contribution in [-0.2, 0) is 0 Å². The van der Waals surface area contributed by atoms with Gasteiger partial charge < -0.3 is 5.32 Å². The Bertz CT molecular complexity index is 347. The van der Waals surface area contributed by atoms with Gasteiger partial charge in [-0.05, 0) is 56.2 Å². The maximum atomic E-state index is 6.14. The summed E-state index contributed by atoms with van der Waals surface area (Å²) in [6.07, 6.45) is 3.86. The molecule has 0 unspecified atom stereocenters. The van der Waals surface area contributed by atoms with Gasteiger partial charge in [-0.3, -0.25) is 0 Å². The summed E-state index contributed by atoms with van der Waals surface area (Å²) >= 11 is 14.1. The molecule has 1 nitrogen and oxygen atoms in total. The molecule has 1 aromatic rings. The number of piperidine rings is 1. The third-order valence-electron chi connectivity index (χ3n) is 3.15. The molecule has 1 aliphatic heterocycles. The zero-order valence-electron chi connectivity index (χ0n) is 10.1. The van der Waals surface area contributed by atoms with Crippen LogP contribution in [-0.4, -0.2) is 18.8 Å². The maximum absolute atomic E-state index is 6.14. The molecule has 2 rings (SSSR count). The van der Waals surface area contributed by atoms with Gasteiger partial charge >= 0.3 is 0 Å². The molecule has 1 saturated heterocycles. The first kappa shape index (κ1) is 16.5. The van der Waals surface area contributed by atoms with Crippen LogP contribution in [0.25, 0.3) is 0 Å². The molecule has 0 bridgehead atoms. The fourth-order valence-corrected chi connectivity index (χ4v) is 3.91. The topological polar surface area (TPSA) is 12.0 Å². The highest BCUT2D eigenvalue weighted by Crippen LogP contribution is 2.35. The van der Waals surface area contributed by atoms with Crippen LogP contribution in [0.15, 0.2) is 23.1 Å². The zero-order valence-corrected chi connectivity index (χ0v) is 13.3. The first-order valence-electron chi connectivity index (χ1n) is 6.05. The number of hydrogen-bond donors (Lipinski definition) is 1. The van der Waals surface area contributed by atoms with Crippen molar-refractivity contribution in [3.8, 4) is 0 Å². The molecule has 0 saturated carbocycles. The van der Waals surface area contributed by atoms with E-state index in [1.807, 2.05) is 18.2 Å². The monoisotopic (exact) mass is 325 g/mol. The molecule has 0 aliphatic carbocycles. The SMILES string of the molecule is Cl.Clc1cccc(Cl)c1SCCC1CCNCC1. The van der Waals surface area contributed by atoms with Crippen molar-refractivity contribution in [2.75, 3.05) is 18.8 Å². The van der Waals surface area contributed by atoms with Crippen molar-refractivity contribution in [1.29, 1.82) is 0 Å². The van der Waals surface area contributed by atoms with Gasteiger partial charge in [0.05, 0.1) is 10.0 Å². The number of nitrogens with one attached hydrogen (secondary N) is 1. The highest BCUT2D eigenvalue weighted by atomic mass is 35.5. The maximum Gasteiger partial charge on any atom is 0.0556 e. The molecule has 0 aromatic heterocycles. The molecule has 1 heterocycles. The Morgan fingerprint density at radius 2 is 1.78 bits per heavy atom. The average Bonchev–Trinajstić information content (AvgIpc) is 2.34. The minimum Gasteiger partial charge on any atom is -0.317 e. The molecule has 1 N–H and O–H groups in total. The summed E-state index contributed by atoms with van der Waals surface area (Å²) in [6.45, 7) is 2.34. The van der Waals surface area contributed by atoms with E-state index in [1.165, 1.54) is 32.4 Å². The fourth-order valence-electron chi connectivity index (χ4n) is 2.12. The van der Waals surface area contributed by atoms with Crippen LogP contribution in [0, 0.1) is 5.92 Å². The lowest BCUT2D eigenvalue weighted by molar-refractivity contribution is 0.367. The fraction of sp³-hybridized carbons (Fsp3) is 0.538. The van der Waals surface area contributed by atoms with Crippen molar-refractivity contribution < 1.29 is 0 Å². The van der Waals surface area contributed by atoms with Crippen molar-refractivity contribution in [3.63, 3.8) is 0 Å². The van der Waals surface area contributed by atoms with Gasteiger partial charge in [0, 0.05) is 4.90 Å². The molecule has 0 amide bonds. The third-order valence-corrected chi connectivity index (χ3v) is 5.17. The predicted molar refractivity (Wildman–Crippen MR) is 84.6 cm³/mol. The number of rotatable bonds is 4. The lowest BCUT2D eigenvalue weighted by Crippen LogP contribution is -2.27. The second-order valence-electron chi connectivity index (χ2n) is 4.38. The largest absolute Gasteiger partial charge is 0.317 e. The summed E-state index contributed by atoms with van der Waals surface area (Å²) < 4.78 is 0. The summed E-state index contributed by atoms with van der Waals surface area (Å²) in [7, 11) is 0. The highest BCUT2D eigenvalue weighted by molar-refractivity contribution is 7.99. The highest BCUT2D eigenvalue weighted by Gasteiger charge is 2.13. The van der Waals surface area contributed by atoms with E-state index in [-0.39, 0.29) is 12.4 Å². The summed E-state index contributed by atoms with van der Waals surface area (Å²) in [4.78, 5) is 1.03. The first-order valence-corrected chi connectivity index (χ1v) is 7.79. The molecule has 0 spiro atoms. The second-order valence-corrected chi connectivity index (χ2v) is 6.30. The Morgan fingerprint density at radius 3 is 2.39 bits per heavy atom. The third kappa shape index (κ3) is 4.82. The number of thioether (sulfide) groups is 1. The Balaban J connectivity index is 0.00000162. The minimum absolute atomic E-state index is 0. The lowest BCUT2D eigenvalue weighted by Gasteiger charge is -2.22. The Hall–Kier alpha value is 0.400. The van der Waals surface area contributed by atoms with E-state index in [0.717, 1.165) is 26.6 Å². The summed E-state index contributed by atoms with van der Waals surface area (Å²) in [6, 6.07) is 5.70. The van der Waals surface area contributed by atoms with Crippen molar-refractivity contribution in [1.82, 2.24) is 5.32 Å². The van der Waals surface area contributed by atoms with Crippen molar-refractivity contribution in [2.45, 2.75) is 24.2 Å². The molecule has 1 fully saturated rings. The van der Waals surface area contributed by atoms with E-state index in [9.17, 15) is 0 Å². The number of halogens is 3. The Kier molecular flexibility index (Phi) is 7.81.